The molecule has 0 radical (unpaired) electrons. The smallest absolute Gasteiger partial charge is 0.126 e. The zero-order valence-corrected chi connectivity index (χ0v) is 11.4. The molecule has 0 aliphatic heterocycles. The van der Waals surface area contributed by atoms with Crippen molar-refractivity contribution in [2.75, 3.05) is 6.54 Å². The van der Waals surface area contributed by atoms with Crippen LogP contribution < -0.4 is 5.73 Å². The van der Waals surface area contributed by atoms with Crippen LogP contribution in [0.2, 0.25) is 0 Å². The van der Waals surface area contributed by atoms with E-state index in [9.17, 15) is 8.78 Å². The Morgan fingerprint density at radius 1 is 1.11 bits per heavy atom. The van der Waals surface area contributed by atoms with Crippen LogP contribution >= 0.6 is 0 Å². The first-order chi connectivity index (χ1) is 9.08. The second-order valence-corrected chi connectivity index (χ2v) is 5.41. The average Bonchev–Trinajstić information content (AvgIpc) is 2.36. The molecular formula is C15H22F2N2. The Bertz CT molecular complexity index is 394. The van der Waals surface area contributed by atoms with Crippen LogP contribution in [0.3, 0.4) is 0 Å². The molecular weight excluding hydrogens is 246 g/mol. The maximum atomic E-state index is 13.2. The van der Waals surface area contributed by atoms with Crippen molar-refractivity contribution in [3.05, 3.63) is 35.4 Å². The van der Waals surface area contributed by atoms with Crippen LogP contribution in [-0.2, 0) is 6.54 Å². The van der Waals surface area contributed by atoms with E-state index in [1.165, 1.54) is 12.1 Å². The van der Waals surface area contributed by atoms with Gasteiger partial charge in [0.25, 0.3) is 0 Å². The van der Waals surface area contributed by atoms with Gasteiger partial charge in [0, 0.05) is 24.7 Å². The molecule has 0 unspecified atom stereocenters. The molecule has 106 valence electrons. The Balaban J connectivity index is 2.02. The minimum Gasteiger partial charge on any atom is -0.328 e. The zero-order chi connectivity index (χ0) is 13.8. The summed E-state index contributed by atoms with van der Waals surface area (Å²) in [6, 6.07) is 4.55. The van der Waals surface area contributed by atoms with Gasteiger partial charge in [0.15, 0.2) is 0 Å². The van der Waals surface area contributed by atoms with Gasteiger partial charge >= 0.3 is 0 Å². The van der Waals surface area contributed by atoms with Crippen LogP contribution in [0.25, 0.3) is 0 Å². The van der Waals surface area contributed by atoms with Gasteiger partial charge in [0.1, 0.15) is 11.6 Å². The summed E-state index contributed by atoms with van der Waals surface area (Å²) in [5.41, 5.74) is 6.62. The molecule has 0 amide bonds. The van der Waals surface area contributed by atoms with E-state index in [-0.39, 0.29) is 0 Å². The van der Waals surface area contributed by atoms with Gasteiger partial charge in [-0.3, -0.25) is 4.90 Å². The number of rotatable bonds is 4. The zero-order valence-electron chi connectivity index (χ0n) is 11.4. The van der Waals surface area contributed by atoms with E-state index in [1.54, 1.807) is 0 Å². The monoisotopic (exact) mass is 268 g/mol. The minimum absolute atomic E-state index is 0.321. The molecule has 0 spiro atoms. The van der Waals surface area contributed by atoms with Gasteiger partial charge in [0.2, 0.25) is 0 Å². The van der Waals surface area contributed by atoms with Crippen molar-refractivity contribution in [3.63, 3.8) is 0 Å². The number of nitrogens with zero attached hydrogens (tertiary/aromatic N) is 1. The third-order valence-corrected chi connectivity index (χ3v) is 3.97. The first kappa shape index (κ1) is 14.4. The van der Waals surface area contributed by atoms with Gasteiger partial charge in [0.05, 0.1) is 0 Å². The molecule has 1 aromatic rings. The maximum absolute atomic E-state index is 13.2. The summed E-state index contributed by atoms with van der Waals surface area (Å²) in [5.74, 6) is -1.01. The Morgan fingerprint density at radius 2 is 1.68 bits per heavy atom. The summed E-state index contributed by atoms with van der Waals surface area (Å²) in [5, 5.41) is 0. The average molecular weight is 268 g/mol. The lowest BCUT2D eigenvalue weighted by molar-refractivity contribution is 0.149. The van der Waals surface area contributed by atoms with E-state index in [4.69, 9.17) is 5.73 Å². The molecule has 1 aliphatic carbocycles. The lowest BCUT2D eigenvalue weighted by Crippen LogP contribution is -2.40. The highest BCUT2D eigenvalue weighted by atomic mass is 19.1. The quantitative estimate of drug-likeness (QED) is 0.909. The molecule has 4 heteroatoms. The third kappa shape index (κ3) is 3.98. The molecule has 2 rings (SSSR count). The Morgan fingerprint density at radius 3 is 2.21 bits per heavy atom. The molecule has 0 heterocycles. The molecule has 19 heavy (non-hydrogen) atoms. The fraction of sp³-hybridized carbons (Fsp3) is 0.600. The summed E-state index contributed by atoms with van der Waals surface area (Å²) in [4.78, 5) is 2.29. The highest BCUT2D eigenvalue weighted by Crippen LogP contribution is 2.23. The standard InChI is InChI=1S/C15H22F2N2/c1-2-19(15-5-3-14(18)4-6-15)10-11-7-12(16)9-13(17)8-11/h7-9,14-15H,2-6,10,18H2,1H3. The van der Waals surface area contributed by atoms with Gasteiger partial charge in [-0.15, -0.1) is 0 Å². The van der Waals surface area contributed by atoms with Gasteiger partial charge in [-0.1, -0.05) is 6.92 Å². The molecule has 1 aliphatic rings. The number of hydrogen-bond donors (Lipinski definition) is 1. The fourth-order valence-corrected chi connectivity index (χ4v) is 2.90. The van der Waals surface area contributed by atoms with Crippen molar-refractivity contribution >= 4 is 0 Å². The Labute approximate surface area is 113 Å². The number of hydrogen-bond acceptors (Lipinski definition) is 2. The van der Waals surface area contributed by atoms with Gasteiger partial charge in [-0.2, -0.15) is 0 Å². The summed E-state index contributed by atoms with van der Waals surface area (Å²) in [6.45, 7) is 3.58. The van der Waals surface area contributed by atoms with E-state index >= 15 is 0 Å². The second kappa shape index (κ2) is 6.44. The Kier molecular flexibility index (Phi) is 4.88. The summed E-state index contributed by atoms with van der Waals surface area (Å²) >= 11 is 0. The lowest BCUT2D eigenvalue weighted by atomic mass is 9.90. The van der Waals surface area contributed by atoms with E-state index in [2.05, 4.69) is 11.8 Å². The summed E-state index contributed by atoms with van der Waals surface area (Å²) in [6.07, 6.45) is 4.23. The third-order valence-electron chi connectivity index (χ3n) is 3.97. The summed E-state index contributed by atoms with van der Waals surface area (Å²) in [7, 11) is 0. The van der Waals surface area contributed by atoms with Crippen molar-refractivity contribution in [3.8, 4) is 0 Å². The number of nitrogens with two attached hydrogens (primary N) is 1. The first-order valence-corrected chi connectivity index (χ1v) is 7.03. The number of halogens is 2. The molecule has 2 N–H and O–H groups in total. The minimum atomic E-state index is -0.503. The molecule has 0 bridgehead atoms. The lowest BCUT2D eigenvalue weighted by Gasteiger charge is -2.35. The first-order valence-electron chi connectivity index (χ1n) is 7.03. The van der Waals surface area contributed by atoms with Gasteiger partial charge < -0.3 is 5.73 Å². The van der Waals surface area contributed by atoms with Crippen LogP contribution in [-0.4, -0.2) is 23.5 Å². The molecule has 0 aromatic heterocycles. The molecule has 1 aromatic carbocycles. The fourth-order valence-electron chi connectivity index (χ4n) is 2.90. The van der Waals surface area contributed by atoms with E-state index in [1.807, 2.05) is 0 Å². The molecule has 2 nitrogen and oxygen atoms in total. The predicted octanol–water partition coefficient (Wildman–Crippen LogP) is 3.06. The van der Waals surface area contributed by atoms with Crippen LogP contribution in [0.5, 0.6) is 0 Å². The highest BCUT2D eigenvalue weighted by Gasteiger charge is 2.23. The van der Waals surface area contributed by atoms with Crippen LogP contribution in [0.1, 0.15) is 38.2 Å². The molecule has 0 atom stereocenters. The second-order valence-electron chi connectivity index (χ2n) is 5.41. The van der Waals surface area contributed by atoms with Crippen LogP contribution in [0, 0.1) is 11.6 Å². The van der Waals surface area contributed by atoms with Crippen molar-refractivity contribution in [2.45, 2.75) is 51.2 Å². The maximum Gasteiger partial charge on any atom is 0.126 e. The normalized spacial score (nSPS) is 23.8. The molecule has 1 fully saturated rings. The van der Waals surface area contributed by atoms with Gasteiger partial charge in [-0.25, -0.2) is 8.78 Å². The van der Waals surface area contributed by atoms with E-state index in [0.29, 0.717) is 24.2 Å². The predicted molar refractivity (Wildman–Crippen MR) is 72.7 cm³/mol. The van der Waals surface area contributed by atoms with E-state index < -0.39 is 11.6 Å². The van der Waals surface area contributed by atoms with Crippen LogP contribution in [0.4, 0.5) is 8.78 Å². The topological polar surface area (TPSA) is 29.3 Å². The Hall–Kier alpha value is -1.00. The SMILES string of the molecule is CCN(Cc1cc(F)cc(F)c1)C1CCC(N)CC1. The van der Waals surface area contributed by atoms with Gasteiger partial charge in [-0.05, 0) is 49.9 Å². The van der Waals surface area contributed by atoms with Crippen molar-refractivity contribution in [1.82, 2.24) is 4.90 Å². The molecule has 1 saturated carbocycles. The largest absolute Gasteiger partial charge is 0.328 e. The van der Waals surface area contributed by atoms with Crippen molar-refractivity contribution < 1.29 is 8.78 Å². The van der Waals surface area contributed by atoms with E-state index in [0.717, 1.165) is 38.3 Å². The van der Waals surface area contributed by atoms with Crippen molar-refractivity contribution in [1.29, 1.82) is 0 Å². The number of benzene rings is 1. The highest BCUT2D eigenvalue weighted by molar-refractivity contribution is 5.18. The summed E-state index contributed by atoms with van der Waals surface area (Å²) < 4.78 is 26.4. The van der Waals surface area contributed by atoms with Crippen molar-refractivity contribution in [2.24, 2.45) is 5.73 Å². The van der Waals surface area contributed by atoms with Crippen LogP contribution in [0.15, 0.2) is 18.2 Å². The molecule has 0 saturated heterocycles.